The average Bonchev–Trinajstić information content (AvgIpc) is 2.31. The SMILES string of the molecule is CS(=O)OC1CC(C(=O)OCc2ccccc2)C1. The maximum absolute atomic E-state index is 11.7. The molecule has 0 N–H and O–H groups in total. The Morgan fingerprint density at radius 2 is 2.00 bits per heavy atom. The third-order valence-electron chi connectivity index (χ3n) is 2.92. The Labute approximate surface area is 109 Å². The van der Waals surface area contributed by atoms with Crippen molar-refractivity contribution in [3.8, 4) is 0 Å². The molecule has 0 bridgehead atoms. The van der Waals surface area contributed by atoms with E-state index in [4.69, 9.17) is 8.92 Å². The minimum absolute atomic E-state index is 0.0647. The molecule has 4 nitrogen and oxygen atoms in total. The van der Waals surface area contributed by atoms with Crippen molar-refractivity contribution in [2.75, 3.05) is 6.26 Å². The van der Waals surface area contributed by atoms with Gasteiger partial charge in [0.2, 0.25) is 0 Å². The van der Waals surface area contributed by atoms with E-state index in [0.29, 0.717) is 19.4 Å². The number of benzene rings is 1. The molecule has 0 amide bonds. The van der Waals surface area contributed by atoms with Crippen LogP contribution in [0.25, 0.3) is 0 Å². The predicted octanol–water partition coefficient (Wildman–Crippen LogP) is 1.82. The number of rotatable bonds is 5. The van der Waals surface area contributed by atoms with Crippen LogP contribution in [0.5, 0.6) is 0 Å². The number of carbonyl (C=O) groups excluding carboxylic acids is 1. The summed E-state index contributed by atoms with van der Waals surface area (Å²) in [6, 6.07) is 9.57. The lowest BCUT2D eigenvalue weighted by Gasteiger charge is -2.31. The Balaban J connectivity index is 1.70. The first-order valence-electron chi connectivity index (χ1n) is 5.86. The maximum atomic E-state index is 11.7. The fourth-order valence-electron chi connectivity index (χ4n) is 1.87. The van der Waals surface area contributed by atoms with Gasteiger partial charge in [-0.05, 0) is 18.4 Å². The second-order valence-electron chi connectivity index (χ2n) is 4.38. The largest absolute Gasteiger partial charge is 0.461 e. The number of carbonyl (C=O) groups is 1. The summed E-state index contributed by atoms with van der Waals surface area (Å²) in [4.78, 5) is 11.7. The van der Waals surface area contributed by atoms with Gasteiger partial charge in [0.1, 0.15) is 6.61 Å². The van der Waals surface area contributed by atoms with E-state index in [1.165, 1.54) is 6.26 Å². The Bertz CT molecular complexity index is 426. The van der Waals surface area contributed by atoms with Crippen LogP contribution < -0.4 is 0 Å². The molecule has 5 heteroatoms. The van der Waals surface area contributed by atoms with E-state index < -0.39 is 11.1 Å². The molecule has 0 heterocycles. The van der Waals surface area contributed by atoms with Crippen LogP contribution in [0.4, 0.5) is 0 Å². The number of esters is 1. The predicted molar refractivity (Wildman–Crippen MR) is 67.9 cm³/mol. The van der Waals surface area contributed by atoms with Gasteiger partial charge in [0, 0.05) is 6.26 Å². The van der Waals surface area contributed by atoms with Gasteiger partial charge < -0.3 is 4.74 Å². The highest BCUT2D eigenvalue weighted by Gasteiger charge is 2.37. The van der Waals surface area contributed by atoms with Crippen molar-refractivity contribution in [3.05, 3.63) is 35.9 Å². The van der Waals surface area contributed by atoms with Crippen LogP contribution in [-0.4, -0.2) is 22.5 Å². The number of ether oxygens (including phenoxy) is 1. The quantitative estimate of drug-likeness (QED) is 0.764. The molecule has 0 radical (unpaired) electrons. The second-order valence-corrected chi connectivity index (χ2v) is 5.38. The molecule has 1 aliphatic rings. The van der Waals surface area contributed by atoms with Crippen LogP contribution in [0.15, 0.2) is 30.3 Å². The van der Waals surface area contributed by atoms with Gasteiger partial charge in [0.25, 0.3) is 0 Å². The topological polar surface area (TPSA) is 52.6 Å². The van der Waals surface area contributed by atoms with Gasteiger partial charge in [0.15, 0.2) is 11.1 Å². The van der Waals surface area contributed by atoms with Crippen molar-refractivity contribution in [2.45, 2.75) is 25.6 Å². The molecule has 0 saturated heterocycles. The fraction of sp³-hybridized carbons (Fsp3) is 0.462. The summed E-state index contributed by atoms with van der Waals surface area (Å²) in [5, 5.41) is 0. The standard InChI is InChI=1S/C13H16O4S/c1-18(15)17-12-7-11(8-12)13(14)16-9-10-5-3-2-4-6-10/h2-6,11-12H,7-9H2,1H3. The molecule has 1 atom stereocenters. The molecular formula is C13H16O4S. The number of hydrogen-bond acceptors (Lipinski definition) is 4. The highest BCUT2D eigenvalue weighted by Crippen LogP contribution is 2.31. The van der Waals surface area contributed by atoms with Crippen molar-refractivity contribution in [1.29, 1.82) is 0 Å². The van der Waals surface area contributed by atoms with Crippen molar-refractivity contribution in [3.63, 3.8) is 0 Å². The van der Waals surface area contributed by atoms with Crippen molar-refractivity contribution in [1.82, 2.24) is 0 Å². The molecule has 18 heavy (non-hydrogen) atoms. The molecule has 0 aromatic heterocycles. The normalized spacial score (nSPS) is 24.1. The molecule has 2 rings (SSSR count). The lowest BCUT2D eigenvalue weighted by molar-refractivity contribution is -0.156. The summed E-state index contributed by atoms with van der Waals surface area (Å²) in [5.74, 6) is -0.303. The Morgan fingerprint density at radius 1 is 1.33 bits per heavy atom. The van der Waals surface area contributed by atoms with Crippen LogP contribution in [0.3, 0.4) is 0 Å². The van der Waals surface area contributed by atoms with Gasteiger partial charge in [-0.3, -0.25) is 8.98 Å². The Kier molecular flexibility index (Phi) is 4.49. The van der Waals surface area contributed by atoms with Crippen LogP contribution in [-0.2, 0) is 31.4 Å². The third-order valence-corrected chi connectivity index (χ3v) is 3.47. The Morgan fingerprint density at radius 3 is 2.61 bits per heavy atom. The van der Waals surface area contributed by atoms with Gasteiger partial charge in [0.05, 0.1) is 12.0 Å². The van der Waals surface area contributed by atoms with Gasteiger partial charge >= 0.3 is 5.97 Å². The first-order chi connectivity index (χ1) is 8.65. The van der Waals surface area contributed by atoms with Gasteiger partial charge in [-0.2, -0.15) is 0 Å². The first kappa shape index (κ1) is 13.2. The third kappa shape index (κ3) is 3.65. The summed E-state index contributed by atoms with van der Waals surface area (Å²) < 4.78 is 21.1. The Hall–Kier alpha value is -1.20. The van der Waals surface area contributed by atoms with E-state index in [2.05, 4.69) is 0 Å². The summed E-state index contributed by atoms with van der Waals surface area (Å²) in [6.45, 7) is 0.307. The zero-order chi connectivity index (χ0) is 13.0. The van der Waals surface area contributed by atoms with Gasteiger partial charge in [-0.15, -0.1) is 0 Å². The van der Waals surface area contributed by atoms with Crippen LogP contribution in [0.1, 0.15) is 18.4 Å². The molecule has 1 aromatic carbocycles. The summed E-state index contributed by atoms with van der Waals surface area (Å²) >= 11 is -1.26. The van der Waals surface area contributed by atoms with E-state index in [1.807, 2.05) is 30.3 Å². The fourth-order valence-corrected chi connectivity index (χ4v) is 2.42. The second kappa shape index (κ2) is 6.11. The van der Waals surface area contributed by atoms with Gasteiger partial charge in [-0.25, -0.2) is 4.21 Å². The lowest BCUT2D eigenvalue weighted by Crippen LogP contribution is -2.37. The average molecular weight is 268 g/mol. The molecule has 0 aliphatic heterocycles. The highest BCUT2D eigenvalue weighted by molar-refractivity contribution is 7.79. The van der Waals surface area contributed by atoms with E-state index in [9.17, 15) is 9.00 Å². The van der Waals surface area contributed by atoms with Crippen LogP contribution in [0, 0.1) is 5.92 Å². The van der Waals surface area contributed by atoms with E-state index >= 15 is 0 Å². The molecule has 1 aromatic rings. The summed E-state index contributed by atoms with van der Waals surface area (Å²) in [5.41, 5.74) is 0.979. The van der Waals surface area contributed by atoms with E-state index in [1.54, 1.807) is 0 Å². The minimum Gasteiger partial charge on any atom is -0.461 e. The van der Waals surface area contributed by atoms with Crippen LogP contribution >= 0.6 is 0 Å². The maximum Gasteiger partial charge on any atom is 0.309 e. The molecule has 1 fully saturated rings. The highest BCUT2D eigenvalue weighted by atomic mass is 32.2. The molecule has 1 aliphatic carbocycles. The molecule has 0 spiro atoms. The van der Waals surface area contributed by atoms with Crippen molar-refractivity contribution in [2.24, 2.45) is 5.92 Å². The lowest BCUT2D eigenvalue weighted by atomic mass is 9.82. The molecular weight excluding hydrogens is 252 g/mol. The van der Waals surface area contributed by atoms with E-state index in [-0.39, 0.29) is 18.0 Å². The van der Waals surface area contributed by atoms with Crippen LogP contribution in [0.2, 0.25) is 0 Å². The zero-order valence-electron chi connectivity index (χ0n) is 10.2. The summed E-state index contributed by atoms with van der Waals surface area (Å²) in [6.07, 6.45) is 2.63. The molecule has 1 saturated carbocycles. The summed E-state index contributed by atoms with van der Waals surface area (Å²) in [7, 11) is 0. The number of hydrogen-bond donors (Lipinski definition) is 0. The molecule has 1 unspecified atom stereocenters. The van der Waals surface area contributed by atoms with Crippen molar-refractivity contribution >= 4 is 17.0 Å². The monoisotopic (exact) mass is 268 g/mol. The molecule has 98 valence electrons. The van der Waals surface area contributed by atoms with Gasteiger partial charge in [-0.1, -0.05) is 30.3 Å². The van der Waals surface area contributed by atoms with E-state index in [0.717, 1.165) is 5.56 Å². The van der Waals surface area contributed by atoms with Crippen molar-refractivity contribution < 1.29 is 17.9 Å². The smallest absolute Gasteiger partial charge is 0.309 e. The first-order valence-corrected chi connectivity index (χ1v) is 7.34. The zero-order valence-corrected chi connectivity index (χ0v) is 11.0. The minimum atomic E-state index is -1.26.